The molecule has 0 heterocycles. The SMILES string of the molecule is CC(C)C(N)C(=O)O.Cl.O. The molecule has 0 bridgehead atoms. The lowest BCUT2D eigenvalue weighted by Crippen LogP contribution is -2.34. The lowest BCUT2D eigenvalue weighted by atomic mass is 10.1. The minimum absolute atomic E-state index is 0. The van der Waals surface area contributed by atoms with Gasteiger partial charge in [0.15, 0.2) is 0 Å². The Hall–Kier alpha value is -0.320. The van der Waals surface area contributed by atoms with Gasteiger partial charge in [0.2, 0.25) is 0 Å². The molecule has 0 aliphatic carbocycles. The van der Waals surface area contributed by atoms with Crippen LogP contribution in [0.2, 0.25) is 0 Å². The molecule has 0 aliphatic rings. The minimum Gasteiger partial charge on any atom is -0.480 e. The first-order chi connectivity index (χ1) is 3.55. The Morgan fingerprint density at radius 1 is 1.50 bits per heavy atom. The third kappa shape index (κ3) is 5.81. The molecule has 0 fully saturated rings. The fraction of sp³-hybridized carbons (Fsp3) is 0.800. The second-order valence-electron chi connectivity index (χ2n) is 2.11. The molecule has 10 heavy (non-hydrogen) atoms. The van der Waals surface area contributed by atoms with Crippen LogP contribution in [0.15, 0.2) is 0 Å². The summed E-state index contributed by atoms with van der Waals surface area (Å²) in [6, 6.07) is -0.713. The maximum absolute atomic E-state index is 10.0. The lowest BCUT2D eigenvalue weighted by molar-refractivity contribution is -0.139. The highest BCUT2D eigenvalue weighted by atomic mass is 35.5. The highest BCUT2D eigenvalue weighted by molar-refractivity contribution is 5.85. The van der Waals surface area contributed by atoms with Crippen molar-refractivity contribution in [1.29, 1.82) is 0 Å². The average Bonchev–Trinajstić information content (AvgIpc) is 1.64. The largest absolute Gasteiger partial charge is 0.480 e. The number of carbonyl (C=O) groups is 1. The van der Waals surface area contributed by atoms with E-state index in [0.717, 1.165) is 0 Å². The van der Waals surface area contributed by atoms with Crippen molar-refractivity contribution in [2.45, 2.75) is 19.9 Å². The zero-order valence-electron chi connectivity index (χ0n) is 6.00. The van der Waals surface area contributed by atoms with Crippen LogP contribution >= 0.6 is 12.4 Å². The van der Waals surface area contributed by atoms with Crippen molar-refractivity contribution < 1.29 is 15.4 Å². The molecule has 0 aromatic heterocycles. The smallest absolute Gasteiger partial charge is 0.320 e. The Balaban J connectivity index is -0.000000245. The van der Waals surface area contributed by atoms with Gasteiger partial charge in [-0.3, -0.25) is 4.79 Å². The van der Waals surface area contributed by atoms with Crippen LogP contribution in [0.4, 0.5) is 0 Å². The monoisotopic (exact) mass is 171 g/mol. The maximum Gasteiger partial charge on any atom is 0.320 e. The summed E-state index contributed by atoms with van der Waals surface area (Å²) in [5.74, 6) is -0.910. The number of hydrogen-bond donors (Lipinski definition) is 2. The second kappa shape index (κ2) is 6.80. The zero-order valence-corrected chi connectivity index (χ0v) is 6.81. The third-order valence-electron chi connectivity index (χ3n) is 1.00. The van der Waals surface area contributed by atoms with E-state index in [1.807, 2.05) is 0 Å². The van der Waals surface area contributed by atoms with E-state index in [0.29, 0.717) is 0 Å². The Morgan fingerprint density at radius 2 is 1.80 bits per heavy atom. The van der Waals surface area contributed by atoms with E-state index in [4.69, 9.17) is 10.8 Å². The summed E-state index contributed by atoms with van der Waals surface area (Å²) in [5.41, 5.74) is 5.16. The van der Waals surface area contributed by atoms with E-state index in [1.165, 1.54) is 0 Å². The van der Waals surface area contributed by atoms with Crippen LogP contribution in [-0.2, 0) is 4.79 Å². The zero-order chi connectivity index (χ0) is 6.73. The standard InChI is InChI=1S/C5H11NO2.ClH.H2O/c1-3(2)4(6)5(7)8;;/h3-4H,6H2,1-2H3,(H,7,8);1H;1H2. The van der Waals surface area contributed by atoms with Gasteiger partial charge < -0.3 is 16.3 Å². The van der Waals surface area contributed by atoms with Gasteiger partial charge in [-0.2, -0.15) is 0 Å². The van der Waals surface area contributed by atoms with Crippen LogP contribution in [0.3, 0.4) is 0 Å². The van der Waals surface area contributed by atoms with E-state index < -0.39 is 12.0 Å². The van der Waals surface area contributed by atoms with E-state index in [2.05, 4.69) is 0 Å². The Labute approximate surface area is 66.1 Å². The first-order valence-corrected chi connectivity index (χ1v) is 2.54. The van der Waals surface area contributed by atoms with Gasteiger partial charge in [0.05, 0.1) is 0 Å². The fourth-order valence-corrected chi connectivity index (χ4v) is 0.285. The fourth-order valence-electron chi connectivity index (χ4n) is 0.285. The number of nitrogens with two attached hydrogens (primary N) is 1. The summed E-state index contributed by atoms with van der Waals surface area (Å²) in [7, 11) is 0. The summed E-state index contributed by atoms with van der Waals surface area (Å²) >= 11 is 0. The van der Waals surface area contributed by atoms with Crippen molar-refractivity contribution >= 4 is 18.4 Å². The molecule has 5 heteroatoms. The summed E-state index contributed by atoms with van der Waals surface area (Å²) in [5, 5.41) is 8.23. The van der Waals surface area contributed by atoms with Crippen LogP contribution in [0.25, 0.3) is 0 Å². The quantitative estimate of drug-likeness (QED) is 0.595. The van der Waals surface area contributed by atoms with E-state index in [1.54, 1.807) is 13.8 Å². The van der Waals surface area contributed by atoms with Crippen LogP contribution in [0.1, 0.15) is 13.8 Å². The molecular formula is C5H14ClNO3. The van der Waals surface area contributed by atoms with E-state index in [-0.39, 0.29) is 23.8 Å². The summed E-state index contributed by atoms with van der Waals surface area (Å²) < 4.78 is 0. The molecule has 0 saturated heterocycles. The van der Waals surface area contributed by atoms with Gasteiger partial charge in [-0.05, 0) is 5.92 Å². The normalized spacial score (nSPS) is 11.2. The van der Waals surface area contributed by atoms with Crippen LogP contribution < -0.4 is 5.73 Å². The Kier molecular flexibility index (Phi) is 11.1. The molecule has 1 atom stereocenters. The predicted molar refractivity (Wildman–Crippen MR) is 41.3 cm³/mol. The molecule has 0 spiro atoms. The number of hydrogen-bond acceptors (Lipinski definition) is 2. The Morgan fingerprint density at radius 3 is 1.80 bits per heavy atom. The van der Waals surface area contributed by atoms with E-state index in [9.17, 15) is 4.79 Å². The van der Waals surface area contributed by atoms with Gasteiger partial charge in [0.1, 0.15) is 6.04 Å². The maximum atomic E-state index is 10.0. The number of halogens is 1. The number of aliphatic carboxylic acids is 1. The van der Waals surface area contributed by atoms with Crippen molar-refractivity contribution in [3.05, 3.63) is 0 Å². The summed E-state index contributed by atoms with van der Waals surface area (Å²) in [4.78, 5) is 10.0. The number of carboxylic acids is 1. The third-order valence-corrected chi connectivity index (χ3v) is 1.00. The van der Waals surface area contributed by atoms with Gasteiger partial charge in [0, 0.05) is 0 Å². The molecule has 64 valence electrons. The molecule has 0 aliphatic heterocycles. The molecule has 0 rings (SSSR count). The molecule has 0 amide bonds. The molecule has 0 aromatic rings. The summed E-state index contributed by atoms with van der Waals surface area (Å²) in [6.45, 7) is 3.55. The minimum atomic E-state index is -0.931. The van der Waals surface area contributed by atoms with E-state index >= 15 is 0 Å². The molecule has 0 radical (unpaired) electrons. The molecular weight excluding hydrogens is 158 g/mol. The van der Waals surface area contributed by atoms with Gasteiger partial charge in [-0.15, -0.1) is 12.4 Å². The topological polar surface area (TPSA) is 94.8 Å². The van der Waals surface area contributed by atoms with Crippen LogP contribution in [-0.4, -0.2) is 22.6 Å². The van der Waals surface area contributed by atoms with Crippen molar-refractivity contribution in [3.8, 4) is 0 Å². The van der Waals surface area contributed by atoms with Crippen LogP contribution in [0, 0.1) is 5.92 Å². The van der Waals surface area contributed by atoms with Crippen molar-refractivity contribution in [3.63, 3.8) is 0 Å². The van der Waals surface area contributed by atoms with Crippen molar-refractivity contribution in [2.75, 3.05) is 0 Å². The average molecular weight is 172 g/mol. The van der Waals surface area contributed by atoms with Gasteiger partial charge in [-0.1, -0.05) is 13.8 Å². The summed E-state index contributed by atoms with van der Waals surface area (Å²) in [6.07, 6.45) is 0. The van der Waals surface area contributed by atoms with Gasteiger partial charge in [0.25, 0.3) is 0 Å². The number of rotatable bonds is 2. The van der Waals surface area contributed by atoms with Crippen molar-refractivity contribution in [2.24, 2.45) is 11.7 Å². The molecule has 5 N–H and O–H groups in total. The predicted octanol–water partition coefficient (Wildman–Crippen LogP) is -0.349. The van der Waals surface area contributed by atoms with Crippen LogP contribution in [0.5, 0.6) is 0 Å². The second-order valence-corrected chi connectivity index (χ2v) is 2.11. The highest BCUT2D eigenvalue weighted by Crippen LogP contribution is 1.96. The first kappa shape index (κ1) is 16.3. The molecule has 0 saturated carbocycles. The Bertz CT molecular complexity index is 96.9. The molecule has 4 nitrogen and oxygen atoms in total. The van der Waals surface area contributed by atoms with Crippen molar-refractivity contribution in [1.82, 2.24) is 0 Å². The number of carboxylic acid groups (broad SMARTS) is 1. The first-order valence-electron chi connectivity index (χ1n) is 2.54. The molecule has 0 aromatic carbocycles. The molecule has 1 unspecified atom stereocenters. The lowest BCUT2D eigenvalue weighted by Gasteiger charge is -2.07. The van der Waals surface area contributed by atoms with Gasteiger partial charge >= 0.3 is 5.97 Å². The highest BCUT2D eigenvalue weighted by Gasteiger charge is 2.14. The van der Waals surface area contributed by atoms with Gasteiger partial charge in [-0.25, -0.2) is 0 Å².